The molecule has 0 aliphatic heterocycles. The molecule has 0 bridgehead atoms. The van der Waals surface area contributed by atoms with E-state index in [1.165, 1.54) is 18.3 Å². The van der Waals surface area contributed by atoms with Crippen molar-refractivity contribution in [1.82, 2.24) is 4.98 Å². The first-order chi connectivity index (χ1) is 4.72. The van der Waals surface area contributed by atoms with E-state index in [1.54, 1.807) is 0 Å². The molecule has 1 rings (SSSR count). The zero-order valence-corrected chi connectivity index (χ0v) is 6.98. The summed E-state index contributed by atoms with van der Waals surface area (Å²) < 4.78 is 0. The summed E-state index contributed by atoms with van der Waals surface area (Å²) >= 11 is 0. The molecule has 0 amide bonds. The molecule has 4 nitrogen and oxygen atoms in total. The predicted molar refractivity (Wildman–Crippen MR) is 35.6 cm³/mol. The number of pyridine rings is 1. The van der Waals surface area contributed by atoms with Gasteiger partial charge in [0.05, 0.1) is 0 Å². The van der Waals surface area contributed by atoms with E-state index >= 15 is 0 Å². The largest absolute Gasteiger partial charge is 0.478 e. The van der Waals surface area contributed by atoms with E-state index in [0.29, 0.717) is 0 Å². The molecule has 0 saturated carbocycles. The summed E-state index contributed by atoms with van der Waals surface area (Å²) in [6.07, 6.45) is 1.45. The number of nitrogens with two attached hydrogens (primary N) is 1. The van der Waals surface area contributed by atoms with Crippen molar-refractivity contribution in [3.8, 4) is 0 Å². The Bertz CT molecular complexity index is 265. The summed E-state index contributed by atoms with van der Waals surface area (Å²) in [6.45, 7) is 0. The Kier molecular flexibility index (Phi) is 3.73. The summed E-state index contributed by atoms with van der Waals surface area (Å²) in [5.74, 6) is -0.999. The zero-order valence-electron chi connectivity index (χ0n) is 5.43. The number of nitrogen functional groups attached to an aromatic ring is 1. The second-order valence-corrected chi connectivity index (χ2v) is 1.74. The van der Waals surface area contributed by atoms with Gasteiger partial charge in [0.15, 0.2) is 0 Å². The Morgan fingerprint density at radius 1 is 1.64 bits per heavy atom. The van der Waals surface area contributed by atoms with Gasteiger partial charge >= 0.3 is 5.97 Å². The molecule has 0 fully saturated rings. The molecule has 11 heavy (non-hydrogen) atoms. The van der Waals surface area contributed by atoms with Crippen LogP contribution >= 0.6 is 0 Å². The van der Waals surface area contributed by atoms with Crippen molar-refractivity contribution >= 4 is 11.8 Å². The van der Waals surface area contributed by atoms with Crippen LogP contribution in [-0.2, 0) is 20.4 Å². The van der Waals surface area contributed by atoms with Crippen LogP contribution in [-0.4, -0.2) is 16.1 Å². The molecule has 0 saturated heterocycles. The summed E-state index contributed by atoms with van der Waals surface area (Å²) in [6, 6.07) is 2.94. The molecule has 0 radical (unpaired) electrons. The smallest absolute Gasteiger partial charge is 0.339 e. The van der Waals surface area contributed by atoms with E-state index in [0.717, 1.165) is 0 Å². The molecule has 5 heteroatoms. The average Bonchev–Trinajstić information content (AvgIpc) is 1.88. The molecule has 62 valence electrons. The molecular weight excluding hydrogens is 238 g/mol. The number of aromatic carboxylic acids is 1. The molecule has 0 unspecified atom stereocenters. The monoisotopic (exact) mass is 244 g/mol. The third-order valence-corrected chi connectivity index (χ3v) is 1.07. The van der Waals surface area contributed by atoms with Crippen LogP contribution in [0.4, 0.5) is 5.82 Å². The summed E-state index contributed by atoms with van der Waals surface area (Å²) in [4.78, 5) is 13.9. The quantitative estimate of drug-likeness (QED) is 0.700. The Morgan fingerprint density at radius 2 is 2.27 bits per heavy atom. The van der Waals surface area contributed by atoms with E-state index in [-0.39, 0.29) is 31.8 Å². The third kappa shape index (κ3) is 2.30. The molecule has 1 heterocycles. The van der Waals surface area contributed by atoms with Crippen molar-refractivity contribution in [3.63, 3.8) is 0 Å². The summed E-state index contributed by atoms with van der Waals surface area (Å²) in [5.41, 5.74) is 5.27. The number of nitrogens with zero attached hydrogens (tertiary/aromatic N) is 1. The van der Waals surface area contributed by atoms with Gasteiger partial charge in [-0.1, -0.05) is 0 Å². The van der Waals surface area contributed by atoms with Gasteiger partial charge in [-0.15, -0.1) is 0 Å². The van der Waals surface area contributed by atoms with Crippen molar-refractivity contribution in [1.29, 1.82) is 0 Å². The Morgan fingerprint density at radius 3 is 2.64 bits per heavy atom. The van der Waals surface area contributed by atoms with Crippen LogP contribution < -0.4 is 5.73 Å². The van der Waals surface area contributed by atoms with E-state index in [1.807, 2.05) is 0 Å². The number of aromatic nitrogens is 1. The van der Waals surface area contributed by atoms with Gasteiger partial charge in [0, 0.05) is 26.6 Å². The van der Waals surface area contributed by atoms with Gasteiger partial charge < -0.3 is 10.8 Å². The van der Waals surface area contributed by atoms with Gasteiger partial charge in [0.1, 0.15) is 11.4 Å². The zero-order chi connectivity index (χ0) is 7.56. The normalized spacial score (nSPS) is 8.36. The van der Waals surface area contributed by atoms with Crippen molar-refractivity contribution in [2.45, 2.75) is 0 Å². The maximum Gasteiger partial charge on any atom is 0.339 e. The number of carbonyl (C=O) groups is 1. The Hall–Kier alpha value is -0.918. The average molecular weight is 245 g/mol. The van der Waals surface area contributed by atoms with Gasteiger partial charge in [-0.05, 0) is 12.1 Å². The molecule has 0 atom stereocenters. The van der Waals surface area contributed by atoms with E-state index in [4.69, 9.17) is 10.8 Å². The van der Waals surface area contributed by atoms with E-state index < -0.39 is 5.97 Å². The second kappa shape index (κ2) is 4.06. The third-order valence-electron chi connectivity index (χ3n) is 1.07. The molecule has 1 aromatic rings. The van der Waals surface area contributed by atoms with Gasteiger partial charge in [-0.2, -0.15) is 0 Å². The Balaban J connectivity index is 0.000001000. The number of hydrogen-bond acceptors (Lipinski definition) is 3. The van der Waals surface area contributed by atoms with Gasteiger partial charge in [-0.3, -0.25) is 0 Å². The van der Waals surface area contributed by atoms with Crippen molar-refractivity contribution < 1.29 is 30.3 Å². The molecule has 0 aliphatic carbocycles. The van der Waals surface area contributed by atoms with E-state index in [2.05, 4.69) is 4.98 Å². The molecule has 3 N–H and O–H groups in total. The van der Waals surface area contributed by atoms with Crippen LogP contribution in [0.3, 0.4) is 0 Å². The van der Waals surface area contributed by atoms with Gasteiger partial charge in [-0.25, -0.2) is 9.78 Å². The SMILES string of the molecule is Nc1ncccc1C(=O)O.[Pd]. The first kappa shape index (κ1) is 10.1. The maximum absolute atomic E-state index is 10.3. The topological polar surface area (TPSA) is 76.2 Å². The van der Waals surface area contributed by atoms with Crippen LogP contribution in [0.1, 0.15) is 10.4 Å². The summed E-state index contributed by atoms with van der Waals surface area (Å²) in [7, 11) is 0. The molecule has 0 spiro atoms. The molecule has 0 aliphatic rings. The van der Waals surface area contributed by atoms with Crippen molar-refractivity contribution in [2.24, 2.45) is 0 Å². The second-order valence-electron chi connectivity index (χ2n) is 1.74. The van der Waals surface area contributed by atoms with Crippen molar-refractivity contribution in [3.05, 3.63) is 23.9 Å². The minimum Gasteiger partial charge on any atom is -0.478 e. The van der Waals surface area contributed by atoms with Gasteiger partial charge in [0.25, 0.3) is 0 Å². The number of anilines is 1. The maximum atomic E-state index is 10.3. The number of rotatable bonds is 1. The molecule has 0 aromatic carbocycles. The first-order valence-electron chi connectivity index (χ1n) is 2.65. The van der Waals surface area contributed by atoms with Crippen LogP contribution in [0, 0.1) is 0 Å². The fourth-order valence-corrected chi connectivity index (χ4v) is 0.598. The molecule has 1 aromatic heterocycles. The minimum absolute atomic E-state index is 0. The number of carboxylic acid groups (broad SMARTS) is 1. The standard InChI is InChI=1S/C6H6N2O2.Pd/c7-5-4(6(9)10)2-1-3-8-5;/h1-3H,(H2,7,8)(H,9,10);. The van der Waals surface area contributed by atoms with Crippen LogP contribution in [0.2, 0.25) is 0 Å². The molecular formula is C6H6N2O2Pd. The van der Waals surface area contributed by atoms with Gasteiger partial charge in [0.2, 0.25) is 0 Å². The van der Waals surface area contributed by atoms with Crippen LogP contribution in [0.25, 0.3) is 0 Å². The van der Waals surface area contributed by atoms with Crippen LogP contribution in [0.5, 0.6) is 0 Å². The summed E-state index contributed by atoms with van der Waals surface area (Å²) in [5, 5.41) is 8.45. The fourth-order valence-electron chi connectivity index (χ4n) is 0.598. The number of carboxylic acids is 1. The van der Waals surface area contributed by atoms with Crippen molar-refractivity contribution in [2.75, 3.05) is 5.73 Å². The number of hydrogen-bond donors (Lipinski definition) is 2. The van der Waals surface area contributed by atoms with E-state index in [9.17, 15) is 4.79 Å². The van der Waals surface area contributed by atoms with Crippen LogP contribution in [0.15, 0.2) is 18.3 Å². The minimum atomic E-state index is -1.05. The Labute approximate surface area is 77.1 Å². The predicted octanol–water partition coefficient (Wildman–Crippen LogP) is 0.360. The fraction of sp³-hybridized carbons (Fsp3) is 0. The first-order valence-corrected chi connectivity index (χ1v) is 2.65.